The third-order valence-corrected chi connectivity index (χ3v) is 8.09. The predicted octanol–water partition coefficient (Wildman–Crippen LogP) is 8.21. The second-order valence-corrected chi connectivity index (χ2v) is 11.5. The highest BCUT2D eigenvalue weighted by molar-refractivity contribution is 7.07. The van der Waals surface area contributed by atoms with E-state index < -0.39 is 0 Å². The van der Waals surface area contributed by atoms with Gasteiger partial charge in [-0.3, -0.25) is 0 Å². The molecule has 1 N–H and O–H groups in total. The Morgan fingerprint density at radius 1 is 0.917 bits per heavy atom. The first-order valence-electron chi connectivity index (χ1n) is 15.2. The second kappa shape index (κ2) is 21.9. The molecule has 1 fully saturated rings. The lowest BCUT2D eigenvalue weighted by Crippen LogP contribution is -2.30. The van der Waals surface area contributed by atoms with Crippen LogP contribution in [0.1, 0.15) is 129 Å². The summed E-state index contributed by atoms with van der Waals surface area (Å²) >= 11 is 1.72. The van der Waals surface area contributed by atoms with Gasteiger partial charge < -0.3 is 14.8 Å². The molecule has 5 nitrogen and oxygen atoms in total. The van der Waals surface area contributed by atoms with Gasteiger partial charge in [0.1, 0.15) is 13.2 Å². The average Bonchev–Trinajstić information content (AvgIpc) is 3.57. The molecule has 0 aliphatic carbocycles. The summed E-state index contributed by atoms with van der Waals surface area (Å²) in [6.45, 7) is 5.23. The van der Waals surface area contributed by atoms with Gasteiger partial charge in [0, 0.05) is 13.0 Å². The summed E-state index contributed by atoms with van der Waals surface area (Å²) in [5, 5.41) is 4.96. The summed E-state index contributed by atoms with van der Waals surface area (Å²) in [5.41, 5.74) is 2.13. The molecule has 36 heavy (non-hydrogen) atoms. The maximum atomic E-state index is 11.9. The number of carbonyl (C=O) groups excluding carboxylic acids is 1. The molecule has 1 aromatic rings. The fourth-order valence-electron chi connectivity index (χ4n) is 5.12. The topological polar surface area (TPSA) is 51.4 Å². The van der Waals surface area contributed by atoms with Gasteiger partial charge in [-0.1, -0.05) is 108 Å². The number of hydrogen-bond acceptors (Lipinski definition) is 4. The number of nitrogens with one attached hydrogen (secondary N) is 1. The summed E-state index contributed by atoms with van der Waals surface area (Å²) in [6.07, 6.45) is 27.1. The molecule has 208 valence electrons. The number of ether oxygens (including phenoxy) is 2. The van der Waals surface area contributed by atoms with E-state index in [2.05, 4.69) is 33.9 Å². The predicted molar refractivity (Wildman–Crippen MR) is 150 cm³/mol. The molecule has 1 aromatic heterocycles. The van der Waals surface area contributed by atoms with E-state index in [0.717, 1.165) is 38.8 Å². The van der Waals surface area contributed by atoms with Gasteiger partial charge >= 0.3 is 6.09 Å². The van der Waals surface area contributed by atoms with Crippen molar-refractivity contribution in [2.75, 3.05) is 19.8 Å². The molecule has 2 heterocycles. The second-order valence-electron chi connectivity index (χ2n) is 10.8. The Morgan fingerprint density at radius 3 is 2.19 bits per heavy atom. The molecule has 1 amide bonds. The molecule has 0 aromatic carbocycles. The number of aromatic nitrogens is 1. The summed E-state index contributed by atoms with van der Waals surface area (Å²) in [6, 6.07) is 0. The number of rotatable bonds is 23. The summed E-state index contributed by atoms with van der Waals surface area (Å²) in [4.78, 5) is 11.9. The Bertz CT molecular complexity index is 626. The molecule has 1 aliphatic rings. The third kappa shape index (κ3) is 16.6. The van der Waals surface area contributed by atoms with Gasteiger partial charge in [-0.25, -0.2) is 4.79 Å². The molecule has 2 rings (SSSR count). The van der Waals surface area contributed by atoms with E-state index in [1.54, 1.807) is 11.3 Å². The molecule has 6 heteroatoms. The van der Waals surface area contributed by atoms with E-state index in [1.807, 2.05) is 0 Å². The number of unbranched alkanes of at least 4 members (excludes halogenated alkanes) is 15. The van der Waals surface area contributed by atoms with E-state index in [-0.39, 0.29) is 12.2 Å². The van der Waals surface area contributed by atoms with Crippen molar-refractivity contribution in [2.24, 2.45) is 5.92 Å². The van der Waals surface area contributed by atoms with Gasteiger partial charge in [-0.2, -0.15) is 4.57 Å². The van der Waals surface area contributed by atoms with Crippen LogP contribution in [0.5, 0.6) is 0 Å². The van der Waals surface area contributed by atoms with Gasteiger partial charge in [0.2, 0.25) is 5.51 Å². The van der Waals surface area contributed by atoms with Crippen LogP contribution in [0.15, 0.2) is 17.1 Å². The molecule has 2 atom stereocenters. The zero-order valence-corrected chi connectivity index (χ0v) is 24.0. The Labute approximate surface area is 225 Å². The highest BCUT2D eigenvalue weighted by Crippen LogP contribution is 2.25. The lowest BCUT2D eigenvalue weighted by atomic mass is 9.97. The number of aryl methyl sites for hydroxylation is 1. The summed E-state index contributed by atoms with van der Waals surface area (Å²) in [7, 11) is 0. The van der Waals surface area contributed by atoms with Crippen molar-refractivity contribution >= 4 is 17.4 Å². The molecule has 1 saturated heterocycles. The van der Waals surface area contributed by atoms with Crippen LogP contribution in [0.2, 0.25) is 0 Å². The first kappa shape index (κ1) is 31.1. The smallest absolute Gasteiger partial charge is 0.407 e. The number of thiazole rings is 1. The van der Waals surface area contributed by atoms with Crippen LogP contribution in [-0.4, -0.2) is 32.0 Å². The third-order valence-electron chi connectivity index (χ3n) is 7.42. The van der Waals surface area contributed by atoms with Crippen LogP contribution in [0, 0.1) is 5.92 Å². The van der Waals surface area contributed by atoms with E-state index in [9.17, 15) is 4.79 Å². The van der Waals surface area contributed by atoms with Crippen molar-refractivity contribution in [3.8, 4) is 0 Å². The standard InChI is InChI=1S/C30H54N2O3S/c1-2-3-4-5-6-7-8-9-10-11-12-13-14-16-19-28-24-29(34-25-28)26-35-30(33)31-20-17-15-18-21-32-22-23-36-27-32/h22-23,27-29H,2-21,24-26H2,1H3/p+1/t28-,29+/m1/s1. The van der Waals surface area contributed by atoms with Crippen LogP contribution in [0.25, 0.3) is 0 Å². The Hall–Kier alpha value is -1.14. The van der Waals surface area contributed by atoms with Crippen LogP contribution in [0.4, 0.5) is 4.79 Å². The van der Waals surface area contributed by atoms with Crippen molar-refractivity contribution in [1.29, 1.82) is 0 Å². The number of carbonyl (C=O) groups is 1. The van der Waals surface area contributed by atoms with Crippen LogP contribution < -0.4 is 9.88 Å². The highest BCUT2D eigenvalue weighted by Gasteiger charge is 2.26. The zero-order chi connectivity index (χ0) is 25.5. The van der Waals surface area contributed by atoms with E-state index in [0.29, 0.717) is 19.1 Å². The fraction of sp³-hybridized carbons (Fsp3) is 0.867. The van der Waals surface area contributed by atoms with Crippen molar-refractivity contribution < 1.29 is 18.8 Å². The van der Waals surface area contributed by atoms with E-state index in [1.165, 1.54) is 96.3 Å². The lowest BCUT2D eigenvalue weighted by Gasteiger charge is -2.11. The van der Waals surface area contributed by atoms with E-state index in [4.69, 9.17) is 9.47 Å². The van der Waals surface area contributed by atoms with E-state index >= 15 is 0 Å². The molecular formula is C30H55N2O3S+. The number of amides is 1. The minimum atomic E-state index is -0.304. The number of nitrogens with zero attached hydrogens (tertiary/aromatic N) is 1. The maximum Gasteiger partial charge on any atom is 0.407 e. The van der Waals surface area contributed by atoms with Crippen molar-refractivity contribution in [2.45, 2.75) is 142 Å². The number of hydrogen-bond donors (Lipinski definition) is 1. The Balaban J connectivity index is 1.30. The van der Waals surface area contributed by atoms with Crippen LogP contribution in [-0.2, 0) is 16.0 Å². The normalized spacial score (nSPS) is 17.5. The van der Waals surface area contributed by atoms with Crippen molar-refractivity contribution in [3.05, 3.63) is 17.1 Å². The molecule has 0 unspecified atom stereocenters. The lowest BCUT2D eigenvalue weighted by molar-refractivity contribution is -0.692. The van der Waals surface area contributed by atoms with Gasteiger partial charge in [0.05, 0.1) is 18.1 Å². The summed E-state index contributed by atoms with van der Waals surface area (Å²) < 4.78 is 13.5. The Morgan fingerprint density at radius 2 is 1.56 bits per heavy atom. The van der Waals surface area contributed by atoms with Gasteiger partial charge in [0.25, 0.3) is 0 Å². The van der Waals surface area contributed by atoms with Crippen LogP contribution in [0.3, 0.4) is 0 Å². The van der Waals surface area contributed by atoms with Gasteiger partial charge in [-0.15, -0.1) is 0 Å². The zero-order valence-electron chi connectivity index (χ0n) is 23.2. The molecule has 0 radical (unpaired) electrons. The molecule has 0 bridgehead atoms. The minimum absolute atomic E-state index is 0.0787. The van der Waals surface area contributed by atoms with Crippen molar-refractivity contribution in [1.82, 2.24) is 5.32 Å². The van der Waals surface area contributed by atoms with Crippen molar-refractivity contribution in [3.63, 3.8) is 0 Å². The highest BCUT2D eigenvalue weighted by atomic mass is 32.1. The molecular weight excluding hydrogens is 468 g/mol. The van der Waals surface area contributed by atoms with Gasteiger partial charge in [0.15, 0.2) is 6.20 Å². The van der Waals surface area contributed by atoms with Crippen LogP contribution >= 0.6 is 11.3 Å². The fourth-order valence-corrected chi connectivity index (χ4v) is 5.75. The quantitative estimate of drug-likeness (QED) is 0.116. The number of alkyl carbamates (subject to hydrolysis) is 1. The largest absolute Gasteiger partial charge is 0.447 e. The first-order valence-corrected chi connectivity index (χ1v) is 16.2. The SMILES string of the molecule is CCCCCCCCCCCCCCCC[C@H]1CO[C@H](COC(=O)NCCCCC[n+]2ccsc2)C1. The molecule has 1 aliphatic heterocycles. The summed E-state index contributed by atoms with van der Waals surface area (Å²) in [5.74, 6) is 0.639. The minimum Gasteiger partial charge on any atom is -0.447 e. The monoisotopic (exact) mass is 523 g/mol. The maximum absolute atomic E-state index is 11.9. The molecule has 0 spiro atoms. The molecule has 0 saturated carbocycles. The first-order chi connectivity index (χ1) is 17.8. The van der Waals surface area contributed by atoms with Gasteiger partial charge in [-0.05, 0) is 31.6 Å². The Kier molecular flexibility index (Phi) is 18.9. The average molecular weight is 524 g/mol.